The SMILES string of the molecule is c1ccc(-c2ccc3c(c2)[Si](c2ccccc2)(c2ccccc2)c2ccccc2N3c2ccc3c(c2)N(c2ccccc2)c2cccc4c2B3c2ccccc2N4c2ccccc2)cc1. The van der Waals surface area contributed by atoms with Gasteiger partial charge in [-0.05, 0) is 115 Å². The van der Waals surface area contributed by atoms with Gasteiger partial charge in [-0.15, -0.1) is 0 Å². The summed E-state index contributed by atoms with van der Waals surface area (Å²) in [7, 11) is -2.90. The molecule has 0 N–H and O–H groups in total. The van der Waals surface area contributed by atoms with Gasteiger partial charge < -0.3 is 14.7 Å². The lowest BCUT2D eigenvalue weighted by molar-refractivity contribution is 1.24. The number of anilines is 9. The Hall–Kier alpha value is -8.12. The quantitative estimate of drug-likeness (QED) is 0.154. The Morgan fingerprint density at radius 3 is 1.40 bits per heavy atom. The lowest BCUT2D eigenvalue weighted by atomic mass is 9.33. The molecule has 3 aliphatic heterocycles. The second-order valence-electron chi connectivity index (χ2n) is 17.2. The third kappa shape index (κ3) is 5.62. The highest BCUT2D eigenvalue weighted by atomic mass is 28.3. The highest BCUT2D eigenvalue weighted by Gasteiger charge is 2.49. The van der Waals surface area contributed by atoms with Crippen LogP contribution in [0.3, 0.4) is 0 Å². The summed E-state index contributed by atoms with van der Waals surface area (Å²) in [6.07, 6.45) is 0. The lowest BCUT2D eigenvalue weighted by Crippen LogP contribution is -2.77. The number of para-hydroxylation sites is 4. The van der Waals surface area contributed by atoms with Crippen LogP contribution in [0.15, 0.2) is 255 Å². The molecule has 10 aromatic carbocycles. The van der Waals surface area contributed by atoms with E-state index in [2.05, 4.69) is 269 Å². The molecule has 0 spiro atoms. The topological polar surface area (TPSA) is 9.72 Å². The van der Waals surface area contributed by atoms with Crippen LogP contribution >= 0.6 is 0 Å². The maximum atomic E-state index is 2.55. The van der Waals surface area contributed by atoms with Gasteiger partial charge in [-0.3, -0.25) is 0 Å². The standard InChI is InChI=1S/C60H42BN3Si/c1-6-21-43(22-7-1)44-37-40-54-59(41-44)65(48-27-12-4-13-28-48,49-29-14-5-15-30-49)58-36-19-18-33-53(58)64(54)47-38-39-51-57(42-47)63(46-25-10-3-11-26-46)56-35-20-34-55-60(56)61(51)50-31-16-17-32-52(50)62(55)45-23-8-2-9-24-45/h1-42H. The highest BCUT2D eigenvalue weighted by Crippen LogP contribution is 2.46. The lowest BCUT2D eigenvalue weighted by Gasteiger charge is -2.46. The average Bonchev–Trinajstić information content (AvgIpc) is 3.39. The van der Waals surface area contributed by atoms with Crippen LogP contribution in [0.5, 0.6) is 0 Å². The molecule has 0 aromatic heterocycles. The van der Waals surface area contributed by atoms with Crippen molar-refractivity contribution in [2.45, 2.75) is 0 Å². The molecule has 3 heterocycles. The van der Waals surface area contributed by atoms with Crippen molar-refractivity contribution in [2.24, 2.45) is 0 Å². The van der Waals surface area contributed by atoms with Crippen molar-refractivity contribution in [3.8, 4) is 11.1 Å². The fraction of sp³-hybridized carbons (Fsp3) is 0. The zero-order valence-corrected chi connectivity index (χ0v) is 36.7. The molecule has 304 valence electrons. The number of nitrogens with zero attached hydrogens (tertiary/aromatic N) is 3. The molecular formula is C60H42BN3Si. The summed E-state index contributed by atoms with van der Waals surface area (Å²) in [6, 6.07) is 94.8. The maximum Gasteiger partial charge on any atom is 0.252 e. The molecule has 3 aliphatic rings. The first-order chi connectivity index (χ1) is 32.3. The summed E-state index contributed by atoms with van der Waals surface area (Å²) in [5.74, 6) is 0. The van der Waals surface area contributed by atoms with Gasteiger partial charge in [0.25, 0.3) is 6.71 Å². The fourth-order valence-corrected chi connectivity index (χ4v) is 16.4. The number of fused-ring (bicyclic) bond motifs is 6. The van der Waals surface area contributed by atoms with Crippen LogP contribution in [0.4, 0.5) is 51.2 Å². The molecule has 0 aliphatic carbocycles. The third-order valence-corrected chi connectivity index (χ3v) is 18.7. The van der Waals surface area contributed by atoms with Gasteiger partial charge >= 0.3 is 0 Å². The van der Waals surface area contributed by atoms with Crippen LogP contribution in [0.2, 0.25) is 0 Å². The molecule has 3 nitrogen and oxygen atoms in total. The van der Waals surface area contributed by atoms with E-state index in [0.29, 0.717) is 0 Å². The van der Waals surface area contributed by atoms with E-state index in [1.54, 1.807) is 0 Å². The van der Waals surface area contributed by atoms with Gasteiger partial charge in [0.05, 0.1) is 0 Å². The van der Waals surface area contributed by atoms with Gasteiger partial charge in [-0.25, -0.2) is 0 Å². The molecule has 0 amide bonds. The van der Waals surface area contributed by atoms with Crippen molar-refractivity contribution in [2.75, 3.05) is 14.7 Å². The van der Waals surface area contributed by atoms with Crippen LogP contribution in [0.25, 0.3) is 11.1 Å². The van der Waals surface area contributed by atoms with Gasteiger partial charge in [0, 0.05) is 51.2 Å². The molecular weight excluding hydrogens is 802 g/mol. The Balaban J connectivity index is 1.08. The van der Waals surface area contributed by atoms with Crippen molar-refractivity contribution in [1.29, 1.82) is 0 Å². The molecule has 0 unspecified atom stereocenters. The summed E-state index contributed by atoms with van der Waals surface area (Å²) >= 11 is 0. The van der Waals surface area contributed by atoms with Gasteiger partial charge in [0.15, 0.2) is 8.07 Å². The summed E-state index contributed by atoms with van der Waals surface area (Å²) in [4.78, 5) is 7.51. The number of hydrogen-bond donors (Lipinski definition) is 0. The average molecular weight is 844 g/mol. The van der Waals surface area contributed by atoms with Gasteiger partial charge in [0.1, 0.15) is 0 Å². The minimum Gasteiger partial charge on any atom is -0.311 e. The Bertz CT molecular complexity index is 3360. The van der Waals surface area contributed by atoms with Crippen molar-refractivity contribution < 1.29 is 0 Å². The van der Waals surface area contributed by atoms with Crippen LogP contribution in [-0.2, 0) is 0 Å². The molecule has 0 bridgehead atoms. The summed E-state index contributed by atoms with van der Waals surface area (Å²) < 4.78 is 0. The normalized spacial score (nSPS) is 13.8. The first kappa shape index (κ1) is 37.4. The first-order valence-corrected chi connectivity index (χ1v) is 24.6. The second kappa shape index (κ2) is 15.0. The monoisotopic (exact) mass is 843 g/mol. The summed E-state index contributed by atoms with van der Waals surface area (Å²) in [5, 5.41) is 5.51. The van der Waals surface area contributed by atoms with Crippen molar-refractivity contribution in [1.82, 2.24) is 0 Å². The van der Waals surface area contributed by atoms with Crippen LogP contribution in [0, 0.1) is 0 Å². The van der Waals surface area contributed by atoms with E-state index >= 15 is 0 Å². The van der Waals surface area contributed by atoms with E-state index < -0.39 is 8.07 Å². The third-order valence-electron chi connectivity index (χ3n) is 13.9. The Labute approximate surface area is 381 Å². The number of benzene rings is 10. The number of rotatable bonds is 6. The summed E-state index contributed by atoms with van der Waals surface area (Å²) in [6.45, 7) is 0.0342. The molecule has 5 heteroatoms. The summed E-state index contributed by atoms with van der Waals surface area (Å²) in [5.41, 5.74) is 17.0. The van der Waals surface area contributed by atoms with Gasteiger partial charge in [-0.1, -0.05) is 188 Å². The van der Waals surface area contributed by atoms with E-state index in [-0.39, 0.29) is 6.71 Å². The van der Waals surface area contributed by atoms with E-state index in [4.69, 9.17) is 0 Å². The minimum absolute atomic E-state index is 0.0342. The van der Waals surface area contributed by atoms with Crippen LogP contribution in [0.1, 0.15) is 0 Å². The van der Waals surface area contributed by atoms with Crippen molar-refractivity contribution >= 4 is 103 Å². The molecule has 0 fully saturated rings. The molecule has 13 rings (SSSR count). The van der Waals surface area contributed by atoms with Crippen LogP contribution in [-0.4, -0.2) is 14.8 Å². The molecule has 0 radical (unpaired) electrons. The van der Waals surface area contributed by atoms with Crippen LogP contribution < -0.4 is 51.8 Å². The van der Waals surface area contributed by atoms with E-state index in [1.807, 2.05) is 0 Å². The largest absolute Gasteiger partial charge is 0.311 e. The van der Waals surface area contributed by atoms with Crippen molar-refractivity contribution in [3.05, 3.63) is 255 Å². The molecule has 0 atom stereocenters. The van der Waals surface area contributed by atoms with E-state index in [9.17, 15) is 0 Å². The molecule has 0 saturated heterocycles. The molecule has 0 saturated carbocycles. The van der Waals surface area contributed by atoms with Gasteiger partial charge in [-0.2, -0.15) is 0 Å². The molecule has 65 heavy (non-hydrogen) atoms. The highest BCUT2D eigenvalue weighted by molar-refractivity contribution is 7.21. The first-order valence-electron chi connectivity index (χ1n) is 22.6. The Morgan fingerprint density at radius 2 is 0.754 bits per heavy atom. The maximum absolute atomic E-state index is 2.90. The van der Waals surface area contributed by atoms with E-state index in [1.165, 1.54) is 82.4 Å². The smallest absolute Gasteiger partial charge is 0.252 e. The molecule has 10 aromatic rings. The second-order valence-corrected chi connectivity index (χ2v) is 21.0. The minimum atomic E-state index is -2.90. The predicted octanol–water partition coefficient (Wildman–Crippen LogP) is 10.6. The number of hydrogen-bond acceptors (Lipinski definition) is 3. The Morgan fingerprint density at radius 1 is 0.277 bits per heavy atom. The fourth-order valence-electron chi connectivity index (χ4n) is 11.3. The van der Waals surface area contributed by atoms with Gasteiger partial charge in [0.2, 0.25) is 0 Å². The van der Waals surface area contributed by atoms with E-state index in [0.717, 1.165) is 17.1 Å². The van der Waals surface area contributed by atoms with Crippen molar-refractivity contribution in [3.63, 3.8) is 0 Å². The zero-order chi connectivity index (χ0) is 42.9. The Kier molecular flexibility index (Phi) is 8.65. The zero-order valence-electron chi connectivity index (χ0n) is 35.7. The predicted molar refractivity (Wildman–Crippen MR) is 278 cm³/mol.